The molecule has 2 atom stereocenters. The molecule has 0 spiro atoms. The van der Waals surface area contributed by atoms with Gasteiger partial charge in [0.15, 0.2) is 0 Å². The highest BCUT2D eigenvalue weighted by molar-refractivity contribution is 5.90. The summed E-state index contributed by atoms with van der Waals surface area (Å²) in [5, 5.41) is 13.6. The van der Waals surface area contributed by atoms with E-state index in [2.05, 4.69) is 30.6 Å². The third-order valence-electron chi connectivity index (χ3n) is 7.52. The first-order valence-electron chi connectivity index (χ1n) is 14.1. The number of amides is 1. The molecule has 0 radical (unpaired) electrons. The summed E-state index contributed by atoms with van der Waals surface area (Å²) < 4.78 is 93.6. The fraction of sp³-hybridized carbons (Fsp3) is 0.379. The molecule has 0 saturated carbocycles. The number of anilines is 2. The van der Waals surface area contributed by atoms with Gasteiger partial charge in [0, 0.05) is 30.5 Å². The number of nitrogens with one attached hydrogen (secondary N) is 1. The summed E-state index contributed by atoms with van der Waals surface area (Å²) in [6.45, 7) is 3.18. The van der Waals surface area contributed by atoms with Gasteiger partial charge in [-0.3, -0.25) is 4.90 Å². The van der Waals surface area contributed by atoms with Crippen LogP contribution in [0.15, 0.2) is 48.8 Å². The third kappa shape index (κ3) is 6.67. The highest BCUT2D eigenvalue weighted by atomic mass is 19.4. The van der Waals surface area contributed by atoms with Crippen LogP contribution in [-0.4, -0.2) is 56.4 Å². The van der Waals surface area contributed by atoms with Crippen LogP contribution in [0.25, 0.3) is 11.4 Å². The van der Waals surface area contributed by atoms with Crippen molar-refractivity contribution in [3.63, 3.8) is 0 Å². The second kappa shape index (κ2) is 12.8. The van der Waals surface area contributed by atoms with Gasteiger partial charge >= 0.3 is 18.4 Å². The number of aromatic amines is 1. The SMILES string of the molecule is CCOC(=O)N1c2ccc(OC)cc2C(N(Cc2cc(C(F)(F)F)cc(C(F)(F)F)c2)c2ncc(-c3nn[nH]n3)cn2)CC1CC. The maximum atomic E-state index is 13.8. The predicted molar refractivity (Wildman–Crippen MR) is 152 cm³/mol. The first-order chi connectivity index (χ1) is 21.8. The van der Waals surface area contributed by atoms with Crippen molar-refractivity contribution >= 4 is 17.7 Å². The quantitative estimate of drug-likeness (QED) is 0.210. The largest absolute Gasteiger partial charge is 0.497 e. The monoisotopic (exact) mass is 650 g/mol. The molecule has 0 bridgehead atoms. The molecule has 244 valence electrons. The molecule has 2 unspecified atom stereocenters. The van der Waals surface area contributed by atoms with Gasteiger partial charge in [0.25, 0.3) is 0 Å². The van der Waals surface area contributed by atoms with Crippen molar-refractivity contribution < 1.29 is 40.6 Å². The average molecular weight is 651 g/mol. The molecule has 4 aromatic rings. The van der Waals surface area contributed by atoms with Crippen molar-refractivity contribution in [2.75, 3.05) is 23.5 Å². The Morgan fingerprint density at radius 2 is 1.70 bits per heavy atom. The van der Waals surface area contributed by atoms with Crippen molar-refractivity contribution in [3.05, 3.63) is 71.0 Å². The van der Waals surface area contributed by atoms with E-state index >= 15 is 0 Å². The Morgan fingerprint density at radius 3 is 2.24 bits per heavy atom. The van der Waals surface area contributed by atoms with Gasteiger partial charge in [-0.15, -0.1) is 10.2 Å². The van der Waals surface area contributed by atoms with E-state index in [4.69, 9.17) is 9.47 Å². The van der Waals surface area contributed by atoms with E-state index < -0.39 is 48.2 Å². The van der Waals surface area contributed by atoms with Crippen molar-refractivity contribution in [1.82, 2.24) is 30.6 Å². The Bertz CT molecular complexity index is 1630. The van der Waals surface area contributed by atoms with Crippen LogP contribution in [-0.2, 0) is 23.6 Å². The molecule has 2 aromatic heterocycles. The Hall–Kier alpha value is -4.96. The fourth-order valence-corrected chi connectivity index (χ4v) is 5.41. The van der Waals surface area contributed by atoms with Crippen LogP contribution in [0.2, 0.25) is 0 Å². The Kier molecular flexibility index (Phi) is 9.03. The van der Waals surface area contributed by atoms with E-state index in [9.17, 15) is 31.1 Å². The van der Waals surface area contributed by atoms with Gasteiger partial charge in [-0.25, -0.2) is 14.8 Å². The number of H-pyrrole nitrogens is 1. The normalized spacial score (nSPS) is 16.6. The lowest BCUT2D eigenvalue weighted by molar-refractivity contribution is -0.143. The van der Waals surface area contributed by atoms with E-state index in [-0.39, 0.29) is 36.4 Å². The summed E-state index contributed by atoms with van der Waals surface area (Å²) in [6, 6.07) is 5.19. The number of carbonyl (C=O) groups excluding carboxylic acids is 1. The molecular weight excluding hydrogens is 622 g/mol. The molecule has 0 saturated heterocycles. The molecule has 0 fully saturated rings. The molecule has 11 nitrogen and oxygen atoms in total. The molecule has 1 amide bonds. The van der Waals surface area contributed by atoms with Gasteiger partial charge in [-0.1, -0.05) is 6.92 Å². The zero-order valence-corrected chi connectivity index (χ0v) is 24.7. The van der Waals surface area contributed by atoms with Crippen LogP contribution >= 0.6 is 0 Å². The number of nitrogens with zero attached hydrogens (tertiary/aromatic N) is 7. The average Bonchev–Trinajstić information content (AvgIpc) is 3.57. The number of rotatable bonds is 8. The summed E-state index contributed by atoms with van der Waals surface area (Å²) in [7, 11) is 1.44. The summed E-state index contributed by atoms with van der Waals surface area (Å²) in [5.41, 5.74) is -1.87. The predicted octanol–water partition coefficient (Wildman–Crippen LogP) is 6.60. The summed E-state index contributed by atoms with van der Waals surface area (Å²) in [6.07, 6.45) is -7.29. The maximum absolute atomic E-state index is 13.8. The van der Waals surface area contributed by atoms with Crippen molar-refractivity contribution in [3.8, 4) is 17.1 Å². The van der Waals surface area contributed by atoms with Crippen LogP contribution in [0.4, 0.5) is 42.8 Å². The number of tetrazole rings is 1. The van der Waals surface area contributed by atoms with E-state index in [1.165, 1.54) is 29.3 Å². The number of fused-ring (bicyclic) bond motifs is 1. The number of aromatic nitrogens is 6. The summed E-state index contributed by atoms with van der Waals surface area (Å²) >= 11 is 0. The maximum Gasteiger partial charge on any atom is 0.416 e. The minimum atomic E-state index is -5.04. The minimum absolute atomic E-state index is 0.00331. The number of carbonyl (C=O) groups is 1. The van der Waals surface area contributed by atoms with Crippen LogP contribution in [0, 0.1) is 0 Å². The molecule has 2 aromatic carbocycles. The zero-order chi connectivity index (χ0) is 33.2. The number of ether oxygens (including phenoxy) is 2. The number of hydrogen-bond donors (Lipinski definition) is 1. The molecule has 1 aliphatic rings. The van der Waals surface area contributed by atoms with Gasteiger partial charge in [0.1, 0.15) is 5.75 Å². The molecule has 46 heavy (non-hydrogen) atoms. The Labute approximate surface area is 258 Å². The fourth-order valence-electron chi connectivity index (χ4n) is 5.41. The van der Waals surface area contributed by atoms with Gasteiger partial charge in [-0.05, 0) is 66.9 Å². The molecule has 1 aliphatic heterocycles. The topological polar surface area (TPSA) is 122 Å². The van der Waals surface area contributed by atoms with E-state index in [1.54, 1.807) is 25.1 Å². The Morgan fingerprint density at radius 1 is 1.02 bits per heavy atom. The van der Waals surface area contributed by atoms with Gasteiger partial charge in [0.2, 0.25) is 11.8 Å². The molecule has 3 heterocycles. The molecule has 0 aliphatic carbocycles. The van der Waals surface area contributed by atoms with Crippen LogP contribution in [0.5, 0.6) is 5.75 Å². The second-order valence-electron chi connectivity index (χ2n) is 10.4. The Balaban J connectivity index is 1.68. The lowest BCUT2D eigenvalue weighted by atomic mass is 9.88. The first kappa shape index (κ1) is 32.4. The van der Waals surface area contributed by atoms with Crippen LogP contribution in [0.1, 0.15) is 55.0 Å². The number of halogens is 6. The lowest BCUT2D eigenvalue weighted by Crippen LogP contribution is -2.48. The molecule has 5 rings (SSSR count). The lowest BCUT2D eigenvalue weighted by Gasteiger charge is -2.44. The zero-order valence-electron chi connectivity index (χ0n) is 24.7. The van der Waals surface area contributed by atoms with E-state index in [0.29, 0.717) is 41.1 Å². The molecular formula is C29H28F6N8O3. The van der Waals surface area contributed by atoms with Gasteiger partial charge < -0.3 is 14.4 Å². The number of alkyl halides is 6. The second-order valence-corrected chi connectivity index (χ2v) is 10.4. The highest BCUT2D eigenvalue weighted by Gasteiger charge is 2.41. The number of hydrogen-bond acceptors (Lipinski definition) is 9. The van der Waals surface area contributed by atoms with E-state index in [1.807, 2.05) is 6.92 Å². The standard InChI is InChI=1S/C29H28F6N8O3/c1-4-20-11-24(22-12-21(45-3)6-7-23(22)43(20)27(44)46-5-2)42(26-36-13-17(14-37-26)25-38-40-41-39-25)15-16-8-18(28(30,31)32)10-19(9-16)29(33,34)35/h6-10,12-14,20,24H,4-5,11,15H2,1-3H3,(H,38,39,40,41). The summed E-state index contributed by atoms with van der Waals surface area (Å²) in [5.74, 6) is 0.584. The number of methoxy groups -OCH3 is 1. The molecule has 1 N–H and O–H groups in total. The van der Waals surface area contributed by atoms with Gasteiger partial charge in [-0.2, -0.15) is 31.6 Å². The smallest absolute Gasteiger partial charge is 0.416 e. The minimum Gasteiger partial charge on any atom is -0.497 e. The van der Waals surface area contributed by atoms with Gasteiger partial charge in [0.05, 0.1) is 42.1 Å². The van der Waals surface area contributed by atoms with Crippen molar-refractivity contribution in [2.24, 2.45) is 0 Å². The van der Waals surface area contributed by atoms with Crippen molar-refractivity contribution in [1.29, 1.82) is 0 Å². The van der Waals surface area contributed by atoms with Crippen molar-refractivity contribution in [2.45, 2.75) is 57.7 Å². The summed E-state index contributed by atoms with van der Waals surface area (Å²) in [4.78, 5) is 25.0. The molecule has 17 heteroatoms. The number of benzene rings is 2. The third-order valence-corrected chi connectivity index (χ3v) is 7.52. The first-order valence-corrected chi connectivity index (χ1v) is 14.1. The van der Waals surface area contributed by atoms with E-state index in [0.717, 1.165) is 0 Å². The van der Waals surface area contributed by atoms with Crippen LogP contribution < -0.4 is 14.5 Å². The van der Waals surface area contributed by atoms with Crippen LogP contribution in [0.3, 0.4) is 0 Å². The highest BCUT2D eigenvalue weighted by Crippen LogP contribution is 2.45.